The molecule has 0 aromatic heterocycles. The molecule has 0 heterocycles. The smallest absolute Gasteiger partial charge is 0.228 e. The largest absolute Gasteiger partial charge is 0.326 e. The van der Waals surface area contributed by atoms with E-state index in [1.165, 1.54) is 5.56 Å². The molecule has 1 saturated carbocycles. The predicted molar refractivity (Wildman–Crippen MR) is 97.2 cm³/mol. The van der Waals surface area contributed by atoms with Crippen molar-refractivity contribution < 1.29 is 4.79 Å². The monoisotopic (exact) mass is 303 g/mol. The molecule has 0 bridgehead atoms. The second kappa shape index (κ2) is 6.66. The molecular formula is C21H21NO. The van der Waals surface area contributed by atoms with Crippen LogP contribution in [-0.4, -0.2) is 5.91 Å². The topological polar surface area (TPSA) is 29.1 Å². The van der Waals surface area contributed by atoms with Crippen LogP contribution in [-0.2, 0) is 4.79 Å². The zero-order chi connectivity index (χ0) is 16.2. The summed E-state index contributed by atoms with van der Waals surface area (Å²) in [5.74, 6) is 0.553. The van der Waals surface area contributed by atoms with E-state index in [0.717, 1.165) is 23.2 Å². The van der Waals surface area contributed by atoms with Crippen LogP contribution in [0.1, 0.15) is 36.0 Å². The second-order valence-electron chi connectivity index (χ2n) is 5.90. The highest BCUT2D eigenvalue weighted by molar-refractivity contribution is 5.95. The molecule has 0 aliphatic heterocycles. The van der Waals surface area contributed by atoms with Crippen molar-refractivity contribution in [3.05, 3.63) is 77.9 Å². The Balaban J connectivity index is 1.69. The SMILES string of the molecule is C=Cc1ccc(NC(=O)C2C[C@H]2c2ccccc2)cc1/C=C\C. The summed E-state index contributed by atoms with van der Waals surface area (Å²) >= 11 is 0. The van der Waals surface area contributed by atoms with Crippen molar-refractivity contribution in [3.63, 3.8) is 0 Å². The first kappa shape index (κ1) is 15.3. The normalized spacial score (nSPS) is 19.5. The molecule has 0 spiro atoms. The Labute approximate surface area is 137 Å². The van der Waals surface area contributed by atoms with Crippen LogP contribution in [0.15, 0.2) is 61.2 Å². The number of rotatable bonds is 5. The maximum atomic E-state index is 12.4. The van der Waals surface area contributed by atoms with Crippen molar-refractivity contribution in [2.45, 2.75) is 19.3 Å². The Bertz CT molecular complexity index is 746. The van der Waals surface area contributed by atoms with Crippen molar-refractivity contribution >= 4 is 23.7 Å². The minimum absolute atomic E-state index is 0.0849. The number of carbonyl (C=O) groups excluding carboxylic acids is 1. The number of anilines is 1. The summed E-state index contributed by atoms with van der Waals surface area (Å²) in [6, 6.07) is 16.2. The van der Waals surface area contributed by atoms with E-state index >= 15 is 0 Å². The van der Waals surface area contributed by atoms with Gasteiger partial charge >= 0.3 is 0 Å². The van der Waals surface area contributed by atoms with Crippen LogP contribution >= 0.6 is 0 Å². The fourth-order valence-corrected chi connectivity index (χ4v) is 2.95. The molecule has 1 unspecified atom stereocenters. The second-order valence-corrected chi connectivity index (χ2v) is 5.90. The summed E-state index contributed by atoms with van der Waals surface area (Å²) in [5, 5.41) is 3.05. The van der Waals surface area contributed by atoms with Gasteiger partial charge in [-0.05, 0) is 48.1 Å². The lowest BCUT2D eigenvalue weighted by Gasteiger charge is -2.08. The van der Waals surface area contributed by atoms with E-state index < -0.39 is 0 Å². The summed E-state index contributed by atoms with van der Waals surface area (Å²) in [7, 11) is 0. The maximum absolute atomic E-state index is 12.4. The van der Waals surface area contributed by atoms with Crippen LogP contribution in [0.2, 0.25) is 0 Å². The zero-order valence-corrected chi connectivity index (χ0v) is 13.3. The lowest BCUT2D eigenvalue weighted by Crippen LogP contribution is -2.14. The lowest BCUT2D eigenvalue weighted by molar-refractivity contribution is -0.117. The molecule has 2 atom stereocenters. The average molecular weight is 303 g/mol. The minimum atomic E-state index is 0.0849. The van der Waals surface area contributed by atoms with Crippen molar-refractivity contribution in [2.75, 3.05) is 5.32 Å². The van der Waals surface area contributed by atoms with Gasteiger partial charge < -0.3 is 5.32 Å². The van der Waals surface area contributed by atoms with Crippen LogP contribution in [0.5, 0.6) is 0 Å². The third kappa shape index (κ3) is 3.42. The van der Waals surface area contributed by atoms with Crippen LogP contribution in [0, 0.1) is 5.92 Å². The van der Waals surface area contributed by atoms with Gasteiger partial charge in [-0.15, -0.1) is 0 Å². The molecule has 1 N–H and O–H groups in total. The minimum Gasteiger partial charge on any atom is -0.326 e. The van der Waals surface area contributed by atoms with Crippen molar-refractivity contribution in [2.24, 2.45) is 5.92 Å². The Morgan fingerprint density at radius 3 is 2.65 bits per heavy atom. The average Bonchev–Trinajstić information content (AvgIpc) is 3.37. The van der Waals surface area contributed by atoms with Gasteiger partial charge in [-0.3, -0.25) is 4.79 Å². The van der Waals surface area contributed by atoms with Gasteiger partial charge in [0.15, 0.2) is 0 Å². The molecule has 1 amide bonds. The van der Waals surface area contributed by atoms with Gasteiger partial charge in [0.2, 0.25) is 5.91 Å². The van der Waals surface area contributed by atoms with E-state index in [-0.39, 0.29) is 11.8 Å². The Morgan fingerprint density at radius 2 is 1.96 bits per heavy atom. The van der Waals surface area contributed by atoms with Gasteiger partial charge in [0.05, 0.1) is 0 Å². The summed E-state index contributed by atoms with van der Waals surface area (Å²) in [6.07, 6.45) is 6.77. The molecule has 3 rings (SSSR count). The number of benzene rings is 2. The van der Waals surface area contributed by atoms with Gasteiger partial charge in [0.1, 0.15) is 0 Å². The molecule has 116 valence electrons. The van der Waals surface area contributed by atoms with Crippen LogP contribution in [0.3, 0.4) is 0 Å². The summed E-state index contributed by atoms with van der Waals surface area (Å²) < 4.78 is 0. The molecule has 2 aromatic carbocycles. The molecule has 2 aromatic rings. The highest BCUT2D eigenvalue weighted by Crippen LogP contribution is 2.47. The third-order valence-corrected chi connectivity index (χ3v) is 4.28. The number of hydrogen-bond donors (Lipinski definition) is 1. The predicted octanol–water partition coefficient (Wildman–Crippen LogP) is 5.10. The van der Waals surface area contributed by atoms with E-state index in [0.29, 0.717) is 5.92 Å². The lowest BCUT2D eigenvalue weighted by atomic mass is 10.1. The van der Waals surface area contributed by atoms with Gasteiger partial charge in [0, 0.05) is 11.6 Å². The van der Waals surface area contributed by atoms with Crippen LogP contribution < -0.4 is 5.32 Å². The first-order valence-corrected chi connectivity index (χ1v) is 7.98. The fraction of sp³-hybridized carbons (Fsp3) is 0.190. The highest BCUT2D eigenvalue weighted by atomic mass is 16.2. The number of carbonyl (C=O) groups is 1. The number of allylic oxidation sites excluding steroid dienone is 1. The first-order valence-electron chi connectivity index (χ1n) is 7.98. The molecular weight excluding hydrogens is 282 g/mol. The van der Waals surface area contributed by atoms with Gasteiger partial charge in [-0.2, -0.15) is 0 Å². The Morgan fingerprint density at radius 1 is 1.17 bits per heavy atom. The number of hydrogen-bond acceptors (Lipinski definition) is 1. The van der Waals surface area contributed by atoms with E-state index in [9.17, 15) is 4.79 Å². The van der Waals surface area contributed by atoms with Gasteiger partial charge in [-0.1, -0.05) is 61.2 Å². The van der Waals surface area contributed by atoms with Gasteiger partial charge in [0.25, 0.3) is 0 Å². The molecule has 23 heavy (non-hydrogen) atoms. The quantitative estimate of drug-likeness (QED) is 0.817. The molecule has 1 aliphatic carbocycles. The van der Waals surface area contributed by atoms with E-state index in [4.69, 9.17) is 0 Å². The van der Waals surface area contributed by atoms with E-state index in [1.54, 1.807) is 0 Å². The zero-order valence-electron chi connectivity index (χ0n) is 13.3. The standard InChI is InChI=1S/C21H21NO/c1-3-8-17-13-18(12-11-15(17)4-2)22-21(23)20-14-19(20)16-9-6-5-7-10-16/h3-13,19-20H,2,14H2,1H3,(H,22,23)/b8-3-/t19-,20?/m0/s1. The molecule has 0 radical (unpaired) electrons. The first-order chi connectivity index (χ1) is 11.2. The van der Waals surface area contributed by atoms with Crippen LogP contribution in [0.4, 0.5) is 5.69 Å². The maximum Gasteiger partial charge on any atom is 0.228 e. The van der Waals surface area contributed by atoms with Crippen LogP contribution in [0.25, 0.3) is 12.2 Å². The molecule has 1 fully saturated rings. The number of amides is 1. The third-order valence-electron chi connectivity index (χ3n) is 4.28. The Kier molecular flexibility index (Phi) is 4.42. The van der Waals surface area contributed by atoms with E-state index in [1.807, 2.05) is 61.5 Å². The summed E-state index contributed by atoms with van der Waals surface area (Å²) in [6.45, 7) is 5.80. The Hall–Kier alpha value is -2.61. The van der Waals surface area contributed by atoms with Gasteiger partial charge in [-0.25, -0.2) is 0 Å². The highest BCUT2D eigenvalue weighted by Gasteiger charge is 2.43. The summed E-state index contributed by atoms with van der Waals surface area (Å²) in [4.78, 5) is 12.4. The molecule has 1 aliphatic rings. The molecule has 2 nitrogen and oxygen atoms in total. The fourth-order valence-electron chi connectivity index (χ4n) is 2.95. The van der Waals surface area contributed by atoms with Crippen molar-refractivity contribution in [1.29, 1.82) is 0 Å². The molecule has 2 heteroatoms. The van der Waals surface area contributed by atoms with E-state index in [2.05, 4.69) is 24.0 Å². The number of nitrogens with one attached hydrogen (secondary N) is 1. The van der Waals surface area contributed by atoms with Crippen molar-refractivity contribution in [3.8, 4) is 0 Å². The summed E-state index contributed by atoms with van der Waals surface area (Å²) in [5.41, 5.74) is 4.22. The van der Waals surface area contributed by atoms with Crippen molar-refractivity contribution in [1.82, 2.24) is 0 Å². The molecule has 0 saturated heterocycles.